The van der Waals surface area contributed by atoms with Crippen molar-refractivity contribution in [1.29, 1.82) is 0 Å². The van der Waals surface area contributed by atoms with Crippen molar-refractivity contribution in [3.63, 3.8) is 0 Å². The lowest BCUT2D eigenvalue weighted by atomic mass is 9.90. The van der Waals surface area contributed by atoms with E-state index in [-0.39, 0.29) is 23.8 Å². The number of alkyl halides is 2. The molecule has 1 aliphatic carbocycles. The average Bonchev–Trinajstić information content (AvgIpc) is 3.54. The van der Waals surface area contributed by atoms with E-state index in [2.05, 4.69) is 10.3 Å². The number of fused-ring (bicyclic) bond motifs is 1. The third-order valence-corrected chi connectivity index (χ3v) is 7.94. The number of hydrogen-bond donors (Lipinski definition) is 2. The Morgan fingerprint density at radius 3 is 2.54 bits per heavy atom. The summed E-state index contributed by atoms with van der Waals surface area (Å²) in [5.41, 5.74) is 6.10. The zero-order valence-electron chi connectivity index (χ0n) is 22.4. The Bertz CT molecular complexity index is 1420. The number of aromatic nitrogens is 4. The highest BCUT2D eigenvalue weighted by Crippen LogP contribution is 2.32. The highest BCUT2D eigenvalue weighted by molar-refractivity contribution is 5.85. The Morgan fingerprint density at radius 1 is 1.05 bits per heavy atom. The molecular weight excluding hydrogens is 538 g/mol. The predicted octanol–water partition coefficient (Wildman–Crippen LogP) is 3.01. The predicted molar refractivity (Wildman–Crippen MR) is 145 cm³/mol. The normalized spacial score (nSPS) is 23.4. The molecule has 3 aromatic rings. The Hall–Kier alpha value is -4.07. The molecule has 12 nitrogen and oxygen atoms in total. The molecule has 2 amide bonds. The second-order valence-electron chi connectivity index (χ2n) is 10.5. The average molecular weight is 571 g/mol. The van der Waals surface area contributed by atoms with Gasteiger partial charge in [0.2, 0.25) is 5.95 Å². The van der Waals surface area contributed by atoms with Crippen molar-refractivity contribution in [2.75, 3.05) is 43.1 Å². The van der Waals surface area contributed by atoms with E-state index in [4.69, 9.17) is 25.2 Å². The minimum Gasteiger partial charge on any atom is -0.436 e. The van der Waals surface area contributed by atoms with E-state index in [1.54, 1.807) is 35.2 Å². The lowest BCUT2D eigenvalue weighted by molar-refractivity contribution is -0.137. The van der Waals surface area contributed by atoms with Gasteiger partial charge in [0.25, 0.3) is 12.3 Å². The number of benzene rings is 1. The summed E-state index contributed by atoms with van der Waals surface area (Å²) >= 11 is 0. The number of hydrogen-bond acceptors (Lipinski definition) is 9. The quantitative estimate of drug-likeness (QED) is 0.439. The molecule has 0 spiro atoms. The Kier molecular flexibility index (Phi) is 7.56. The maximum atomic E-state index is 14.1. The molecule has 2 saturated heterocycles. The summed E-state index contributed by atoms with van der Waals surface area (Å²) in [7, 11) is 0. The fourth-order valence-corrected chi connectivity index (χ4v) is 5.98. The van der Waals surface area contributed by atoms with Crippen LogP contribution in [0.25, 0.3) is 16.9 Å². The van der Waals surface area contributed by atoms with Crippen molar-refractivity contribution in [3.8, 4) is 5.82 Å². The Labute approximate surface area is 234 Å². The molecule has 14 heteroatoms. The SMILES string of the molecule is NC(=O)OC1CCN(C2CCC(Nc3cc(-n4c(C(F)F)nc5ccccc54)nc(N4CCOCC4)n3)CC2)C1=O. The summed E-state index contributed by atoms with van der Waals surface area (Å²) < 4.78 is 40.1. The zero-order chi connectivity index (χ0) is 28.5. The fourth-order valence-electron chi connectivity index (χ4n) is 5.98. The standard InChI is InChI=1S/C27H32F2N8O4/c28-23(29)24-32-18-3-1-2-4-19(18)37(24)22-15-21(33-27(34-22)35-11-13-40-14-12-35)31-16-5-7-17(8-6-16)36-10-9-20(25(36)38)41-26(30)39/h1-4,15-17,20,23H,5-14H2,(H2,30,39)(H,31,33,34). The van der Waals surface area contributed by atoms with Gasteiger partial charge in [-0.1, -0.05) is 12.1 Å². The summed E-state index contributed by atoms with van der Waals surface area (Å²) in [6.07, 6.45) is -1.02. The van der Waals surface area contributed by atoms with E-state index in [1.165, 1.54) is 4.57 Å². The van der Waals surface area contributed by atoms with Gasteiger partial charge in [-0.2, -0.15) is 9.97 Å². The number of carbonyl (C=O) groups excluding carboxylic acids is 2. The number of likely N-dealkylation sites (tertiary alicyclic amines) is 1. The van der Waals surface area contributed by atoms with Crippen LogP contribution in [0.15, 0.2) is 30.3 Å². The molecule has 4 heterocycles. The molecule has 41 heavy (non-hydrogen) atoms. The van der Waals surface area contributed by atoms with E-state index >= 15 is 0 Å². The Balaban J connectivity index is 1.24. The number of halogens is 2. The summed E-state index contributed by atoms with van der Waals surface area (Å²) in [4.78, 5) is 41.2. The lowest BCUT2D eigenvalue weighted by Crippen LogP contribution is -2.43. The molecule has 6 rings (SSSR count). The molecule has 3 aliphatic rings. The van der Waals surface area contributed by atoms with Gasteiger partial charge in [0, 0.05) is 44.2 Å². The number of carbonyl (C=O) groups is 2. The molecule has 0 radical (unpaired) electrons. The Morgan fingerprint density at radius 2 is 1.80 bits per heavy atom. The zero-order valence-corrected chi connectivity index (χ0v) is 22.4. The van der Waals surface area contributed by atoms with Gasteiger partial charge in [-0.05, 0) is 37.8 Å². The number of morpholine rings is 1. The van der Waals surface area contributed by atoms with Gasteiger partial charge in [0.15, 0.2) is 11.9 Å². The van der Waals surface area contributed by atoms with E-state index in [9.17, 15) is 18.4 Å². The molecule has 218 valence electrons. The number of para-hydroxylation sites is 2. The minimum atomic E-state index is -2.79. The largest absolute Gasteiger partial charge is 0.436 e. The summed E-state index contributed by atoms with van der Waals surface area (Å²) in [6, 6.07) is 8.80. The van der Waals surface area contributed by atoms with Crippen LogP contribution in [-0.2, 0) is 14.3 Å². The van der Waals surface area contributed by atoms with Crippen molar-refractivity contribution in [2.24, 2.45) is 5.73 Å². The van der Waals surface area contributed by atoms with Gasteiger partial charge in [0.1, 0.15) is 11.6 Å². The molecule has 1 unspecified atom stereocenters. The van der Waals surface area contributed by atoms with Crippen LogP contribution in [0.4, 0.5) is 25.3 Å². The molecule has 0 bridgehead atoms. The number of nitrogens with zero attached hydrogens (tertiary/aromatic N) is 6. The number of imidazole rings is 1. The first-order valence-electron chi connectivity index (χ1n) is 13.9. The molecule has 2 aromatic heterocycles. The van der Waals surface area contributed by atoms with Crippen molar-refractivity contribution in [1.82, 2.24) is 24.4 Å². The number of anilines is 2. The first-order valence-corrected chi connectivity index (χ1v) is 13.9. The van der Waals surface area contributed by atoms with Crippen LogP contribution in [-0.4, -0.2) is 87.5 Å². The topological polar surface area (TPSA) is 141 Å². The van der Waals surface area contributed by atoms with Crippen LogP contribution >= 0.6 is 0 Å². The number of amides is 2. The number of ether oxygens (including phenoxy) is 2. The van der Waals surface area contributed by atoms with Gasteiger partial charge >= 0.3 is 6.09 Å². The molecule has 2 aliphatic heterocycles. The third-order valence-electron chi connectivity index (χ3n) is 7.94. The van der Waals surface area contributed by atoms with Gasteiger partial charge in [-0.15, -0.1) is 0 Å². The number of nitrogens with one attached hydrogen (secondary N) is 1. The van der Waals surface area contributed by atoms with Gasteiger partial charge in [-0.25, -0.2) is 18.6 Å². The van der Waals surface area contributed by atoms with Crippen LogP contribution in [0.2, 0.25) is 0 Å². The van der Waals surface area contributed by atoms with Gasteiger partial charge < -0.3 is 30.3 Å². The van der Waals surface area contributed by atoms with Crippen LogP contribution in [0.3, 0.4) is 0 Å². The van der Waals surface area contributed by atoms with Crippen molar-refractivity contribution in [2.45, 2.75) is 56.7 Å². The van der Waals surface area contributed by atoms with Gasteiger partial charge in [-0.3, -0.25) is 9.36 Å². The first kappa shape index (κ1) is 27.1. The van der Waals surface area contributed by atoms with Crippen molar-refractivity contribution < 1.29 is 27.8 Å². The summed E-state index contributed by atoms with van der Waals surface area (Å²) in [6.45, 7) is 2.76. The molecule has 1 aromatic carbocycles. The monoisotopic (exact) mass is 570 g/mol. The minimum absolute atomic E-state index is 0.0535. The van der Waals surface area contributed by atoms with E-state index in [0.29, 0.717) is 67.9 Å². The fraction of sp³-hybridized carbons (Fsp3) is 0.519. The van der Waals surface area contributed by atoms with Crippen LogP contribution < -0.4 is 16.0 Å². The number of primary amides is 1. The first-order chi connectivity index (χ1) is 19.9. The van der Waals surface area contributed by atoms with Crippen molar-refractivity contribution in [3.05, 3.63) is 36.2 Å². The van der Waals surface area contributed by atoms with Crippen LogP contribution in [0.1, 0.15) is 44.4 Å². The number of nitrogens with two attached hydrogens (primary N) is 1. The molecule has 3 fully saturated rings. The second kappa shape index (κ2) is 11.4. The van der Waals surface area contributed by atoms with Crippen molar-refractivity contribution >= 4 is 34.8 Å². The van der Waals surface area contributed by atoms with E-state index in [0.717, 1.165) is 25.7 Å². The highest BCUT2D eigenvalue weighted by Gasteiger charge is 2.39. The lowest BCUT2D eigenvalue weighted by Gasteiger charge is -2.35. The summed E-state index contributed by atoms with van der Waals surface area (Å²) in [5, 5.41) is 3.50. The smallest absolute Gasteiger partial charge is 0.405 e. The second-order valence-corrected chi connectivity index (χ2v) is 10.5. The highest BCUT2D eigenvalue weighted by atomic mass is 19.3. The summed E-state index contributed by atoms with van der Waals surface area (Å²) in [5.74, 6) is 0.703. The van der Waals surface area contributed by atoms with Gasteiger partial charge in [0.05, 0.1) is 24.2 Å². The van der Waals surface area contributed by atoms with E-state index in [1.807, 2.05) is 4.90 Å². The molecular formula is C27H32F2N8O4. The maximum Gasteiger partial charge on any atom is 0.405 e. The number of rotatable bonds is 7. The molecule has 3 N–H and O–H groups in total. The maximum absolute atomic E-state index is 14.1. The van der Waals surface area contributed by atoms with Crippen LogP contribution in [0, 0.1) is 0 Å². The van der Waals surface area contributed by atoms with E-state index < -0.39 is 18.6 Å². The third kappa shape index (κ3) is 5.60. The molecule has 1 atom stereocenters. The van der Waals surface area contributed by atoms with Crippen LogP contribution in [0.5, 0.6) is 0 Å². The molecule has 1 saturated carbocycles.